The standard InChI is InChI=1S/C18H21N3O5/c1-25-13-5-6-16(26-2)14(8-13)21-17(22)9-15(18(23)24)20-11-12-4-3-7-19-10-12/h3-8,10,15,20H,9,11H2,1-2H3,(H,21,22)(H,23,24)/t15-/m0/s1. The van der Waals surface area contributed by atoms with Crippen LogP contribution in [-0.4, -0.2) is 42.2 Å². The first-order valence-electron chi connectivity index (χ1n) is 7.90. The number of aromatic nitrogens is 1. The van der Waals surface area contributed by atoms with E-state index in [4.69, 9.17) is 9.47 Å². The molecule has 0 radical (unpaired) electrons. The highest BCUT2D eigenvalue weighted by atomic mass is 16.5. The molecule has 2 rings (SSSR count). The van der Waals surface area contributed by atoms with Gasteiger partial charge in [0.05, 0.1) is 26.3 Å². The summed E-state index contributed by atoms with van der Waals surface area (Å²) in [6.45, 7) is 0.292. The number of benzene rings is 1. The van der Waals surface area contributed by atoms with Crippen molar-refractivity contribution in [1.29, 1.82) is 0 Å². The molecule has 3 N–H and O–H groups in total. The number of amides is 1. The predicted molar refractivity (Wildman–Crippen MR) is 95.3 cm³/mol. The third kappa shape index (κ3) is 5.45. The van der Waals surface area contributed by atoms with Crippen LogP contribution < -0.4 is 20.1 Å². The molecule has 1 aromatic carbocycles. The number of pyridine rings is 1. The number of methoxy groups -OCH3 is 2. The van der Waals surface area contributed by atoms with Gasteiger partial charge in [-0.25, -0.2) is 0 Å². The molecule has 8 nitrogen and oxygen atoms in total. The molecule has 138 valence electrons. The monoisotopic (exact) mass is 359 g/mol. The second-order valence-electron chi connectivity index (χ2n) is 5.45. The SMILES string of the molecule is COc1ccc(OC)c(NC(=O)C[C@H](NCc2cccnc2)C(=O)O)c1. The lowest BCUT2D eigenvalue weighted by Crippen LogP contribution is -2.39. The highest BCUT2D eigenvalue weighted by Crippen LogP contribution is 2.29. The fourth-order valence-corrected chi connectivity index (χ4v) is 2.29. The number of nitrogens with one attached hydrogen (secondary N) is 2. The molecule has 0 aliphatic carbocycles. The molecule has 0 aliphatic rings. The third-order valence-electron chi connectivity index (χ3n) is 3.64. The highest BCUT2D eigenvalue weighted by Gasteiger charge is 2.21. The number of nitrogens with zero attached hydrogens (tertiary/aromatic N) is 1. The van der Waals surface area contributed by atoms with E-state index < -0.39 is 17.9 Å². The van der Waals surface area contributed by atoms with Gasteiger partial charge in [-0.2, -0.15) is 0 Å². The molecule has 1 atom stereocenters. The molecule has 0 saturated carbocycles. The Bertz CT molecular complexity index is 752. The highest BCUT2D eigenvalue weighted by molar-refractivity contribution is 5.95. The smallest absolute Gasteiger partial charge is 0.321 e. The van der Waals surface area contributed by atoms with Gasteiger partial charge < -0.3 is 19.9 Å². The maximum Gasteiger partial charge on any atom is 0.321 e. The molecule has 0 unspecified atom stereocenters. The molecule has 0 spiro atoms. The summed E-state index contributed by atoms with van der Waals surface area (Å²) >= 11 is 0. The van der Waals surface area contributed by atoms with Crippen molar-refractivity contribution < 1.29 is 24.2 Å². The van der Waals surface area contributed by atoms with Gasteiger partial charge in [0.1, 0.15) is 17.5 Å². The van der Waals surface area contributed by atoms with Gasteiger partial charge in [0, 0.05) is 25.0 Å². The maximum absolute atomic E-state index is 12.3. The van der Waals surface area contributed by atoms with E-state index in [2.05, 4.69) is 15.6 Å². The van der Waals surface area contributed by atoms with Gasteiger partial charge in [-0.15, -0.1) is 0 Å². The summed E-state index contributed by atoms with van der Waals surface area (Å²) in [7, 11) is 2.99. The van der Waals surface area contributed by atoms with Crippen molar-refractivity contribution >= 4 is 17.6 Å². The first-order chi connectivity index (χ1) is 12.5. The van der Waals surface area contributed by atoms with Gasteiger partial charge in [0.15, 0.2) is 0 Å². The summed E-state index contributed by atoms with van der Waals surface area (Å²) < 4.78 is 10.3. The zero-order valence-corrected chi connectivity index (χ0v) is 14.6. The van der Waals surface area contributed by atoms with Gasteiger partial charge in [0.2, 0.25) is 5.91 Å². The topological polar surface area (TPSA) is 110 Å². The molecule has 8 heteroatoms. The maximum atomic E-state index is 12.3. The predicted octanol–water partition coefficient (Wildman–Crippen LogP) is 1.67. The van der Waals surface area contributed by atoms with E-state index >= 15 is 0 Å². The largest absolute Gasteiger partial charge is 0.497 e. The molecule has 1 aromatic heterocycles. The van der Waals surface area contributed by atoms with Crippen molar-refractivity contribution in [2.45, 2.75) is 19.0 Å². The zero-order chi connectivity index (χ0) is 18.9. The van der Waals surface area contributed by atoms with E-state index in [-0.39, 0.29) is 6.42 Å². The zero-order valence-electron chi connectivity index (χ0n) is 14.6. The fraction of sp³-hybridized carbons (Fsp3) is 0.278. The number of hydrogen-bond acceptors (Lipinski definition) is 6. The number of carbonyl (C=O) groups is 2. The average molecular weight is 359 g/mol. The number of anilines is 1. The molecule has 26 heavy (non-hydrogen) atoms. The van der Waals surface area contributed by atoms with Crippen molar-refractivity contribution in [2.75, 3.05) is 19.5 Å². The summed E-state index contributed by atoms with van der Waals surface area (Å²) in [4.78, 5) is 27.7. The summed E-state index contributed by atoms with van der Waals surface area (Å²) in [5, 5.41) is 14.9. The van der Waals surface area contributed by atoms with Crippen LogP contribution in [0.2, 0.25) is 0 Å². The van der Waals surface area contributed by atoms with Crippen molar-refractivity contribution in [3.8, 4) is 11.5 Å². The van der Waals surface area contributed by atoms with Crippen LogP contribution in [0.4, 0.5) is 5.69 Å². The van der Waals surface area contributed by atoms with E-state index in [9.17, 15) is 14.7 Å². The minimum absolute atomic E-state index is 0.240. The number of carbonyl (C=O) groups excluding carboxylic acids is 1. The van der Waals surface area contributed by atoms with Crippen LogP contribution in [0.15, 0.2) is 42.7 Å². The Labute approximate surface area is 151 Å². The normalized spacial score (nSPS) is 11.5. The van der Waals surface area contributed by atoms with E-state index in [1.165, 1.54) is 14.2 Å². The van der Waals surface area contributed by atoms with Crippen LogP contribution in [0.1, 0.15) is 12.0 Å². The van der Waals surface area contributed by atoms with Gasteiger partial charge in [-0.1, -0.05) is 6.07 Å². The van der Waals surface area contributed by atoms with E-state index in [1.807, 2.05) is 6.07 Å². The fourth-order valence-electron chi connectivity index (χ4n) is 2.29. The minimum Gasteiger partial charge on any atom is -0.497 e. The lowest BCUT2D eigenvalue weighted by atomic mass is 10.1. The quantitative estimate of drug-likeness (QED) is 0.625. The third-order valence-corrected chi connectivity index (χ3v) is 3.64. The number of carboxylic acid groups (broad SMARTS) is 1. The first kappa shape index (κ1) is 19.2. The van der Waals surface area contributed by atoms with Crippen LogP contribution >= 0.6 is 0 Å². The minimum atomic E-state index is -1.11. The molecule has 0 saturated heterocycles. The van der Waals surface area contributed by atoms with Crippen molar-refractivity contribution in [3.63, 3.8) is 0 Å². The molecule has 2 aromatic rings. The van der Waals surface area contributed by atoms with Gasteiger partial charge in [0.25, 0.3) is 0 Å². The molecule has 1 heterocycles. The number of aliphatic carboxylic acids is 1. The van der Waals surface area contributed by atoms with Crippen molar-refractivity contribution in [2.24, 2.45) is 0 Å². The summed E-state index contributed by atoms with van der Waals surface area (Å²) in [5.41, 5.74) is 1.24. The number of hydrogen-bond donors (Lipinski definition) is 3. The van der Waals surface area contributed by atoms with E-state index in [1.54, 1.807) is 36.7 Å². The van der Waals surface area contributed by atoms with Gasteiger partial charge in [-0.05, 0) is 23.8 Å². The molecular formula is C18H21N3O5. The average Bonchev–Trinajstić information content (AvgIpc) is 2.65. The molecule has 0 bridgehead atoms. The summed E-state index contributed by atoms with van der Waals surface area (Å²) in [5.74, 6) is -0.566. The van der Waals surface area contributed by atoms with Gasteiger partial charge >= 0.3 is 5.97 Å². The Morgan fingerprint density at radius 1 is 1.23 bits per heavy atom. The van der Waals surface area contributed by atoms with Crippen LogP contribution in [0.3, 0.4) is 0 Å². The Hall–Kier alpha value is -3.13. The Balaban J connectivity index is 2.00. The second-order valence-corrected chi connectivity index (χ2v) is 5.45. The van der Waals surface area contributed by atoms with Crippen LogP contribution in [-0.2, 0) is 16.1 Å². The second kappa shape index (κ2) is 9.38. The van der Waals surface area contributed by atoms with E-state index in [0.717, 1.165) is 5.56 Å². The summed E-state index contributed by atoms with van der Waals surface area (Å²) in [6, 6.07) is 7.50. The van der Waals surface area contributed by atoms with E-state index in [0.29, 0.717) is 23.7 Å². The lowest BCUT2D eigenvalue weighted by molar-refractivity contribution is -0.141. The Morgan fingerprint density at radius 3 is 2.65 bits per heavy atom. The molecule has 0 aliphatic heterocycles. The van der Waals surface area contributed by atoms with Crippen LogP contribution in [0, 0.1) is 0 Å². The van der Waals surface area contributed by atoms with Gasteiger partial charge in [-0.3, -0.25) is 19.9 Å². The van der Waals surface area contributed by atoms with Crippen LogP contribution in [0.25, 0.3) is 0 Å². The number of rotatable bonds is 9. The molecule has 1 amide bonds. The Morgan fingerprint density at radius 2 is 2.04 bits per heavy atom. The summed E-state index contributed by atoms with van der Waals surface area (Å²) in [6.07, 6.45) is 3.02. The number of carboxylic acids is 1. The molecular weight excluding hydrogens is 338 g/mol. The van der Waals surface area contributed by atoms with Crippen molar-refractivity contribution in [1.82, 2.24) is 10.3 Å². The lowest BCUT2D eigenvalue weighted by Gasteiger charge is -2.16. The Kier molecular flexibility index (Phi) is 6.92. The number of ether oxygens (including phenoxy) is 2. The molecule has 0 fully saturated rings. The van der Waals surface area contributed by atoms with Crippen molar-refractivity contribution in [3.05, 3.63) is 48.3 Å². The van der Waals surface area contributed by atoms with Crippen LogP contribution in [0.5, 0.6) is 11.5 Å². The first-order valence-corrected chi connectivity index (χ1v) is 7.90.